The quantitative estimate of drug-likeness (QED) is 0.405. The molecule has 0 heterocycles. The van der Waals surface area contributed by atoms with Crippen LogP contribution in [0.2, 0.25) is 0 Å². The molecule has 0 radical (unpaired) electrons. The molecule has 5 nitrogen and oxygen atoms in total. The summed E-state index contributed by atoms with van der Waals surface area (Å²) in [5.74, 6) is 5.36. The van der Waals surface area contributed by atoms with Crippen LogP contribution in [0.1, 0.15) is 47.4 Å². The summed E-state index contributed by atoms with van der Waals surface area (Å²) in [6.07, 6.45) is 1.26. The van der Waals surface area contributed by atoms with Crippen LogP contribution >= 0.6 is 0 Å². The van der Waals surface area contributed by atoms with Crippen molar-refractivity contribution in [3.05, 3.63) is 95.1 Å². The maximum absolute atomic E-state index is 12.3. The first kappa shape index (κ1) is 21.8. The number of hydrogen-bond donors (Lipinski definition) is 2. The van der Waals surface area contributed by atoms with Crippen molar-refractivity contribution in [3.63, 3.8) is 0 Å². The minimum absolute atomic E-state index is 0.0263. The van der Waals surface area contributed by atoms with Crippen molar-refractivity contribution in [3.8, 4) is 23.0 Å². The summed E-state index contributed by atoms with van der Waals surface area (Å²) >= 11 is 0. The lowest BCUT2D eigenvalue weighted by atomic mass is 9.91. The van der Waals surface area contributed by atoms with Crippen LogP contribution in [0.5, 0.6) is 0 Å². The third-order valence-corrected chi connectivity index (χ3v) is 6.69. The van der Waals surface area contributed by atoms with Crippen LogP contribution in [0.25, 0.3) is 11.1 Å². The average Bonchev–Trinajstić information content (AvgIpc) is 3.61. The van der Waals surface area contributed by atoms with Crippen molar-refractivity contribution < 1.29 is 19.4 Å². The number of carboxylic acids is 1. The van der Waals surface area contributed by atoms with Crippen LogP contribution in [0.15, 0.2) is 72.8 Å². The third kappa shape index (κ3) is 4.04. The Labute approximate surface area is 198 Å². The van der Waals surface area contributed by atoms with Gasteiger partial charge in [-0.2, -0.15) is 0 Å². The highest BCUT2D eigenvalue weighted by Gasteiger charge is 2.52. The molecule has 1 fully saturated rings. The number of nitrogens with one attached hydrogen (secondary N) is 1. The molecule has 0 aromatic heterocycles. The molecule has 3 aromatic rings. The van der Waals surface area contributed by atoms with Gasteiger partial charge in [-0.25, -0.2) is 4.79 Å². The summed E-state index contributed by atoms with van der Waals surface area (Å²) in [4.78, 5) is 23.9. The van der Waals surface area contributed by atoms with Gasteiger partial charge in [0.2, 0.25) is 0 Å². The summed E-state index contributed by atoms with van der Waals surface area (Å²) in [5, 5.41) is 12.3. The average molecular weight is 452 g/mol. The smallest absolute Gasteiger partial charge is 0.407 e. The molecule has 0 saturated heterocycles. The molecule has 2 aliphatic carbocycles. The van der Waals surface area contributed by atoms with Crippen LogP contribution in [0.3, 0.4) is 0 Å². The first-order valence-corrected chi connectivity index (χ1v) is 11.5. The lowest BCUT2D eigenvalue weighted by Crippen LogP contribution is -2.26. The summed E-state index contributed by atoms with van der Waals surface area (Å²) in [7, 11) is 0. The summed E-state index contributed by atoms with van der Waals surface area (Å²) in [5.41, 5.74) is 5.47. The van der Waals surface area contributed by atoms with E-state index in [9.17, 15) is 14.7 Å². The zero-order chi connectivity index (χ0) is 23.5. The minimum Gasteiger partial charge on any atom is -0.481 e. The van der Waals surface area contributed by atoms with Crippen molar-refractivity contribution in [2.75, 3.05) is 13.2 Å². The highest BCUT2D eigenvalue weighted by molar-refractivity contribution is 5.86. The Balaban J connectivity index is 1.15. The highest BCUT2D eigenvalue weighted by atomic mass is 16.5. The normalized spacial score (nSPS) is 14.8. The van der Waals surface area contributed by atoms with Gasteiger partial charge in [0, 0.05) is 24.4 Å². The number of ether oxygens (including phenoxy) is 1. The monoisotopic (exact) mass is 451 g/mol. The van der Waals surface area contributed by atoms with Gasteiger partial charge in [0.15, 0.2) is 0 Å². The number of hydrogen-bond acceptors (Lipinski definition) is 3. The zero-order valence-electron chi connectivity index (χ0n) is 18.7. The first-order valence-electron chi connectivity index (χ1n) is 11.5. The molecule has 1 amide bonds. The number of benzene rings is 3. The Kier molecular flexibility index (Phi) is 5.81. The standard InChI is InChI=1S/C29H25NO4/c31-27(32)29(16-17-29)26-15-6-1-9-20(26)10-7-8-18-30-28(33)34-19-25-23-13-4-2-11-21(23)22-12-3-5-14-24(22)25/h1-6,9,11-15,25H,8,16-19H2,(H,30,33)(H,31,32). The molecule has 0 spiro atoms. The van der Waals surface area contributed by atoms with Crippen molar-refractivity contribution in [2.45, 2.75) is 30.6 Å². The van der Waals surface area contributed by atoms with E-state index < -0.39 is 17.5 Å². The van der Waals surface area contributed by atoms with E-state index in [0.717, 1.165) is 11.1 Å². The number of carbonyl (C=O) groups excluding carboxylic acids is 1. The Morgan fingerprint density at radius 2 is 1.56 bits per heavy atom. The van der Waals surface area contributed by atoms with Crippen molar-refractivity contribution in [1.29, 1.82) is 0 Å². The molecule has 5 rings (SSSR count). The fraction of sp³-hybridized carbons (Fsp3) is 0.241. The number of carbonyl (C=O) groups is 2. The molecule has 1 saturated carbocycles. The molecule has 2 aliphatic rings. The molecule has 5 heteroatoms. The van der Waals surface area contributed by atoms with E-state index in [1.165, 1.54) is 22.3 Å². The van der Waals surface area contributed by atoms with Gasteiger partial charge in [0.05, 0.1) is 5.41 Å². The number of carboxylic acid groups (broad SMARTS) is 1. The molecule has 34 heavy (non-hydrogen) atoms. The van der Waals surface area contributed by atoms with Crippen LogP contribution in [-0.4, -0.2) is 30.3 Å². The Morgan fingerprint density at radius 3 is 2.21 bits per heavy atom. The molecule has 170 valence electrons. The second-order valence-corrected chi connectivity index (χ2v) is 8.74. The van der Waals surface area contributed by atoms with Gasteiger partial charge in [-0.05, 0) is 46.7 Å². The lowest BCUT2D eigenvalue weighted by Gasteiger charge is -2.14. The molecule has 0 aliphatic heterocycles. The topological polar surface area (TPSA) is 75.6 Å². The molecule has 3 aromatic carbocycles. The van der Waals surface area contributed by atoms with Gasteiger partial charge >= 0.3 is 12.1 Å². The van der Waals surface area contributed by atoms with E-state index >= 15 is 0 Å². The Bertz CT molecular complexity index is 1270. The summed E-state index contributed by atoms with van der Waals surface area (Å²) in [6.45, 7) is 0.631. The lowest BCUT2D eigenvalue weighted by molar-refractivity contribution is -0.140. The van der Waals surface area contributed by atoms with E-state index in [-0.39, 0.29) is 12.5 Å². The van der Waals surface area contributed by atoms with Gasteiger partial charge in [-0.15, -0.1) is 0 Å². The van der Waals surface area contributed by atoms with Crippen LogP contribution in [0, 0.1) is 11.8 Å². The second kappa shape index (κ2) is 9.07. The molecule has 0 unspecified atom stereocenters. The van der Waals surface area contributed by atoms with Crippen molar-refractivity contribution in [2.24, 2.45) is 0 Å². The number of aliphatic carboxylic acids is 1. The number of rotatable bonds is 6. The van der Waals surface area contributed by atoms with E-state index in [0.29, 0.717) is 25.8 Å². The van der Waals surface area contributed by atoms with E-state index in [2.05, 4.69) is 41.4 Å². The zero-order valence-corrected chi connectivity index (χ0v) is 18.7. The highest BCUT2D eigenvalue weighted by Crippen LogP contribution is 2.49. The fourth-order valence-corrected chi connectivity index (χ4v) is 4.77. The maximum Gasteiger partial charge on any atom is 0.407 e. The van der Waals surface area contributed by atoms with Gasteiger partial charge in [-0.1, -0.05) is 78.6 Å². The van der Waals surface area contributed by atoms with Crippen molar-refractivity contribution >= 4 is 12.1 Å². The maximum atomic E-state index is 12.3. The Morgan fingerprint density at radius 1 is 0.941 bits per heavy atom. The first-order chi connectivity index (χ1) is 16.6. The minimum atomic E-state index is -0.793. The summed E-state index contributed by atoms with van der Waals surface area (Å²) < 4.78 is 5.54. The van der Waals surface area contributed by atoms with Gasteiger partial charge < -0.3 is 15.2 Å². The van der Waals surface area contributed by atoms with Gasteiger partial charge in [-0.3, -0.25) is 4.79 Å². The second-order valence-electron chi connectivity index (χ2n) is 8.74. The van der Waals surface area contributed by atoms with Crippen LogP contribution in [-0.2, 0) is 14.9 Å². The SMILES string of the molecule is O=C(NCCC#Cc1ccccc1C1(C(=O)O)CC1)OCC1c2ccccc2-c2ccccc21. The number of alkyl carbamates (subject to hydrolysis) is 1. The van der Waals surface area contributed by atoms with E-state index in [1.54, 1.807) is 0 Å². The van der Waals surface area contributed by atoms with Crippen molar-refractivity contribution in [1.82, 2.24) is 5.32 Å². The van der Waals surface area contributed by atoms with Crippen LogP contribution < -0.4 is 5.32 Å². The fourth-order valence-electron chi connectivity index (χ4n) is 4.77. The Hall–Kier alpha value is -4.04. The largest absolute Gasteiger partial charge is 0.481 e. The molecule has 2 N–H and O–H groups in total. The molecule has 0 atom stereocenters. The van der Waals surface area contributed by atoms with Crippen LogP contribution in [0.4, 0.5) is 4.79 Å². The predicted molar refractivity (Wildman–Crippen MR) is 130 cm³/mol. The third-order valence-electron chi connectivity index (χ3n) is 6.69. The number of fused-ring (bicyclic) bond motifs is 3. The predicted octanol–water partition coefficient (Wildman–Crippen LogP) is 5.08. The number of amides is 1. The van der Waals surface area contributed by atoms with E-state index in [4.69, 9.17) is 4.74 Å². The van der Waals surface area contributed by atoms with E-state index in [1.807, 2.05) is 48.5 Å². The molecular formula is C29H25NO4. The molecular weight excluding hydrogens is 426 g/mol. The summed E-state index contributed by atoms with van der Waals surface area (Å²) in [6, 6.07) is 23.9. The van der Waals surface area contributed by atoms with Gasteiger partial charge in [0.25, 0.3) is 0 Å². The molecule has 0 bridgehead atoms. The van der Waals surface area contributed by atoms with Gasteiger partial charge in [0.1, 0.15) is 6.61 Å².